The van der Waals surface area contributed by atoms with E-state index >= 15 is 0 Å². The Morgan fingerprint density at radius 3 is 2.05 bits per heavy atom. The van der Waals surface area contributed by atoms with Crippen LogP contribution >= 0.6 is 34.8 Å². The molecule has 0 nitrogen and oxygen atoms in total. The summed E-state index contributed by atoms with van der Waals surface area (Å²) in [4.78, 5) is 0. The minimum absolute atomic E-state index is 0.264. The summed E-state index contributed by atoms with van der Waals surface area (Å²) in [6.45, 7) is 2.12. The van der Waals surface area contributed by atoms with Crippen LogP contribution in [0.15, 0.2) is 48.5 Å². The second kappa shape index (κ2) is 6.85. The monoisotopic (exact) mass is 326 g/mol. The predicted octanol–water partition coefficient (Wildman–Crippen LogP) is 5.61. The second-order valence-electron chi connectivity index (χ2n) is 5.16. The van der Waals surface area contributed by atoms with Crippen molar-refractivity contribution in [2.24, 2.45) is 0 Å². The van der Waals surface area contributed by atoms with Crippen LogP contribution in [0.5, 0.6) is 0 Å². The van der Waals surface area contributed by atoms with Gasteiger partial charge < -0.3 is 0 Å². The van der Waals surface area contributed by atoms with E-state index in [1.165, 1.54) is 11.1 Å². The van der Waals surface area contributed by atoms with Crippen LogP contribution in [0.4, 0.5) is 0 Å². The molecule has 0 aromatic heterocycles. The van der Waals surface area contributed by atoms with E-state index in [1.807, 2.05) is 30.3 Å². The van der Waals surface area contributed by atoms with E-state index in [1.54, 1.807) is 0 Å². The average Bonchev–Trinajstić information content (AvgIpc) is 2.48. The van der Waals surface area contributed by atoms with Gasteiger partial charge in [0.1, 0.15) is 0 Å². The normalized spacial score (nSPS) is 11.6. The number of aryl methyl sites for hydroxylation is 1. The van der Waals surface area contributed by atoms with Gasteiger partial charge >= 0.3 is 0 Å². The van der Waals surface area contributed by atoms with Crippen molar-refractivity contribution in [2.75, 3.05) is 11.8 Å². The Labute approximate surface area is 135 Å². The minimum atomic E-state index is -0.264. The van der Waals surface area contributed by atoms with Crippen LogP contribution in [0.2, 0.25) is 5.02 Å². The Bertz CT molecular complexity index is 557. The highest BCUT2D eigenvalue weighted by Gasteiger charge is 2.31. The zero-order valence-corrected chi connectivity index (χ0v) is 13.6. The summed E-state index contributed by atoms with van der Waals surface area (Å²) in [5.41, 5.74) is 3.42. The molecule has 0 unspecified atom stereocenters. The Balaban J connectivity index is 2.39. The van der Waals surface area contributed by atoms with E-state index in [0.717, 1.165) is 17.0 Å². The van der Waals surface area contributed by atoms with Crippen molar-refractivity contribution >= 4 is 34.8 Å². The number of hydrogen-bond acceptors (Lipinski definition) is 0. The van der Waals surface area contributed by atoms with Gasteiger partial charge in [0.05, 0.1) is 0 Å². The molecule has 0 heterocycles. The van der Waals surface area contributed by atoms with Gasteiger partial charge in [-0.2, -0.15) is 0 Å². The molecule has 2 aromatic rings. The first kappa shape index (κ1) is 15.7. The van der Waals surface area contributed by atoms with Gasteiger partial charge in [-0.25, -0.2) is 0 Å². The molecule has 0 bridgehead atoms. The highest BCUT2D eigenvalue weighted by atomic mass is 35.5. The molecule has 0 N–H and O–H groups in total. The van der Waals surface area contributed by atoms with E-state index in [2.05, 4.69) is 25.1 Å². The molecule has 0 amide bonds. The highest BCUT2D eigenvalue weighted by Crippen LogP contribution is 2.33. The van der Waals surface area contributed by atoms with Gasteiger partial charge in [-0.3, -0.25) is 0 Å². The maximum absolute atomic E-state index is 6.28. The predicted molar refractivity (Wildman–Crippen MR) is 89.5 cm³/mol. The largest absolute Gasteiger partial charge is 0.126 e. The van der Waals surface area contributed by atoms with Crippen LogP contribution in [-0.2, 0) is 11.8 Å². The summed E-state index contributed by atoms with van der Waals surface area (Å²) in [5, 5.41) is 0.725. The summed E-state index contributed by atoms with van der Waals surface area (Å²) in [6.07, 6.45) is 0.828. The average molecular weight is 328 g/mol. The van der Waals surface area contributed by atoms with Gasteiger partial charge in [0.15, 0.2) is 0 Å². The lowest BCUT2D eigenvalue weighted by Gasteiger charge is -2.31. The second-order valence-corrected chi connectivity index (χ2v) is 6.13. The quantitative estimate of drug-likeness (QED) is 0.626. The van der Waals surface area contributed by atoms with Crippen LogP contribution in [0.1, 0.15) is 16.7 Å². The fourth-order valence-electron chi connectivity index (χ4n) is 2.36. The molecule has 0 aliphatic heterocycles. The topological polar surface area (TPSA) is 0 Å². The summed E-state index contributed by atoms with van der Waals surface area (Å²) in [7, 11) is 0. The number of rotatable bonds is 5. The zero-order valence-electron chi connectivity index (χ0n) is 11.4. The number of halogens is 3. The maximum Gasteiger partial charge on any atom is 0.0406 e. The minimum Gasteiger partial charge on any atom is -0.126 e. The first-order chi connectivity index (χ1) is 9.61. The molecule has 106 valence electrons. The summed E-state index contributed by atoms with van der Waals surface area (Å²) in [5.74, 6) is 0.957. The smallest absolute Gasteiger partial charge is 0.0406 e. The SMILES string of the molecule is Cc1ccccc1CC(CCl)(CCl)c1ccc(Cl)cc1. The maximum atomic E-state index is 6.28. The first-order valence-corrected chi connectivity index (χ1v) is 7.98. The van der Waals surface area contributed by atoms with Crippen molar-refractivity contribution in [1.82, 2.24) is 0 Å². The summed E-state index contributed by atoms with van der Waals surface area (Å²) < 4.78 is 0. The molecule has 20 heavy (non-hydrogen) atoms. The zero-order chi connectivity index (χ0) is 14.6. The molecule has 2 rings (SSSR count). The molecule has 0 spiro atoms. The Kier molecular flexibility index (Phi) is 5.37. The lowest BCUT2D eigenvalue weighted by molar-refractivity contribution is 0.535. The number of benzene rings is 2. The molecule has 0 radical (unpaired) electrons. The molecule has 0 saturated carbocycles. The van der Waals surface area contributed by atoms with Crippen molar-refractivity contribution < 1.29 is 0 Å². The summed E-state index contributed by atoms with van der Waals surface area (Å²) >= 11 is 18.5. The Hall–Kier alpha value is -0.690. The van der Waals surface area contributed by atoms with Crippen molar-refractivity contribution in [1.29, 1.82) is 0 Å². The number of hydrogen-bond donors (Lipinski definition) is 0. The van der Waals surface area contributed by atoms with Crippen LogP contribution in [0, 0.1) is 6.92 Å². The van der Waals surface area contributed by atoms with Gasteiger partial charge in [0, 0.05) is 22.2 Å². The van der Waals surface area contributed by atoms with Crippen molar-refractivity contribution in [3.63, 3.8) is 0 Å². The van der Waals surface area contributed by atoms with E-state index in [0.29, 0.717) is 11.8 Å². The lowest BCUT2D eigenvalue weighted by Crippen LogP contribution is -2.33. The van der Waals surface area contributed by atoms with Gasteiger partial charge in [-0.05, 0) is 42.2 Å². The number of alkyl halides is 2. The van der Waals surface area contributed by atoms with Gasteiger partial charge in [-0.1, -0.05) is 48.0 Å². The van der Waals surface area contributed by atoms with Crippen LogP contribution in [0.25, 0.3) is 0 Å². The fourth-order valence-corrected chi connectivity index (χ4v) is 3.27. The third-order valence-corrected chi connectivity index (χ3v) is 5.03. The molecule has 0 aliphatic carbocycles. The van der Waals surface area contributed by atoms with Crippen molar-refractivity contribution in [3.8, 4) is 0 Å². The van der Waals surface area contributed by atoms with E-state index < -0.39 is 0 Å². The van der Waals surface area contributed by atoms with Gasteiger partial charge in [-0.15, -0.1) is 23.2 Å². The van der Waals surface area contributed by atoms with Crippen LogP contribution < -0.4 is 0 Å². The standard InChI is InChI=1S/C17H17Cl3/c1-13-4-2-3-5-14(13)10-17(11-18,12-19)15-6-8-16(20)9-7-15/h2-9H,10-12H2,1H3. The highest BCUT2D eigenvalue weighted by molar-refractivity contribution is 6.30. The van der Waals surface area contributed by atoms with Crippen LogP contribution in [-0.4, -0.2) is 11.8 Å². The van der Waals surface area contributed by atoms with E-state index in [9.17, 15) is 0 Å². The van der Waals surface area contributed by atoms with E-state index in [-0.39, 0.29) is 5.41 Å². The first-order valence-electron chi connectivity index (χ1n) is 6.54. The molecule has 2 aromatic carbocycles. The summed E-state index contributed by atoms with van der Waals surface area (Å²) in [6, 6.07) is 16.2. The molecule has 0 saturated heterocycles. The van der Waals surface area contributed by atoms with Crippen molar-refractivity contribution in [2.45, 2.75) is 18.8 Å². The molecule has 3 heteroatoms. The Morgan fingerprint density at radius 1 is 0.900 bits per heavy atom. The van der Waals surface area contributed by atoms with Gasteiger partial charge in [0.2, 0.25) is 0 Å². The Morgan fingerprint density at radius 2 is 1.50 bits per heavy atom. The molecular formula is C17H17Cl3. The molecule has 0 fully saturated rings. The van der Waals surface area contributed by atoms with Crippen LogP contribution in [0.3, 0.4) is 0 Å². The third-order valence-electron chi connectivity index (χ3n) is 3.76. The molecule has 0 aliphatic rings. The third kappa shape index (κ3) is 3.31. The lowest BCUT2D eigenvalue weighted by atomic mass is 9.78. The van der Waals surface area contributed by atoms with Gasteiger partial charge in [0.25, 0.3) is 0 Å². The van der Waals surface area contributed by atoms with Crippen molar-refractivity contribution in [3.05, 3.63) is 70.2 Å². The fraction of sp³-hybridized carbons (Fsp3) is 0.294. The van der Waals surface area contributed by atoms with E-state index in [4.69, 9.17) is 34.8 Å². The molecular weight excluding hydrogens is 311 g/mol. The molecule has 0 atom stereocenters.